The van der Waals surface area contributed by atoms with E-state index in [4.69, 9.17) is 4.52 Å². The van der Waals surface area contributed by atoms with Gasteiger partial charge in [-0.3, -0.25) is 0 Å². The molecule has 3 aromatic rings. The van der Waals surface area contributed by atoms with E-state index in [0.717, 1.165) is 11.3 Å². The van der Waals surface area contributed by atoms with E-state index in [1.165, 1.54) is 11.1 Å². The van der Waals surface area contributed by atoms with Gasteiger partial charge in [0, 0.05) is 24.7 Å². The predicted molar refractivity (Wildman–Crippen MR) is 83.3 cm³/mol. The van der Waals surface area contributed by atoms with E-state index in [1.807, 2.05) is 37.4 Å². The highest BCUT2D eigenvalue weighted by Crippen LogP contribution is 2.20. The van der Waals surface area contributed by atoms with Crippen molar-refractivity contribution in [2.45, 2.75) is 13.3 Å². The van der Waals surface area contributed by atoms with Crippen LogP contribution < -0.4 is 5.32 Å². The van der Waals surface area contributed by atoms with Crippen LogP contribution in [0.3, 0.4) is 0 Å². The molecule has 0 aliphatic rings. The maximum Gasteiger partial charge on any atom is 0.257 e. The highest BCUT2D eigenvalue weighted by atomic mass is 16.5. The van der Waals surface area contributed by atoms with Gasteiger partial charge in [-0.05, 0) is 36.8 Å². The van der Waals surface area contributed by atoms with Gasteiger partial charge >= 0.3 is 0 Å². The minimum Gasteiger partial charge on any atom is -0.388 e. The first-order valence-electron chi connectivity index (χ1n) is 6.91. The molecule has 0 amide bonds. The average Bonchev–Trinajstić information content (AvgIpc) is 2.96. The number of hydrogen-bond donors (Lipinski definition) is 1. The molecular formula is C17H17N3O. The van der Waals surface area contributed by atoms with Gasteiger partial charge in [-0.25, -0.2) is 0 Å². The van der Waals surface area contributed by atoms with E-state index in [-0.39, 0.29) is 0 Å². The Morgan fingerprint density at radius 1 is 1.10 bits per heavy atom. The van der Waals surface area contributed by atoms with E-state index in [9.17, 15) is 0 Å². The first kappa shape index (κ1) is 13.4. The number of anilines is 1. The van der Waals surface area contributed by atoms with Gasteiger partial charge in [-0.15, -0.1) is 0 Å². The maximum atomic E-state index is 5.35. The Hall–Kier alpha value is -2.62. The molecule has 2 aromatic carbocycles. The van der Waals surface area contributed by atoms with Gasteiger partial charge in [0.05, 0.1) is 0 Å². The monoisotopic (exact) mass is 279 g/mol. The molecule has 0 saturated heterocycles. The molecule has 1 heterocycles. The van der Waals surface area contributed by atoms with Gasteiger partial charge in [-0.2, -0.15) is 4.98 Å². The van der Waals surface area contributed by atoms with E-state index < -0.39 is 0 Å². The Bertz CT molecular complexity index is 732. The van der Waals surface area contributed by atoms with Crippen LogP contribution in [0.15, 0.2) is 53.1 Å². The zero-order valence-corrected chi connectivity index (χ0v) is 12.1. The molecule has 1 aromatic heterocycles. The lowest BCUT2D eigenvalue weighted by Crippen LogP contribution is -1.91. The number of aryl methyl sites for hydroxylation is 1. The highest BCUT2D eigenvalue weighted by molar-refractivity contribution is 5.58. The molecule has 0 unspecified atom stereocenters. The second-order valence-electron chi connectivity index (χ2n) is 5.01. The lowest BCUT2D eigenvalue weighted by atomic mass is 10.1. The fraction of sp³-hybridized carbons (Fsp3) is 0.176. The number of nitrogens with one attached hydrogen (secondary N) is 1. The molecular weight excluding hydrogens is 262 g/mol. The number of aromatic nitrogens is 2. The van der Waals surface area contributed by atoms with Gasteiger partial charge in [0.1, 0.15) is 0 Å². The second kappa shape index (κ2) is 5.79. The molecule has 1 N–H and O–H groups in total. The minimum absolute atomic E-state index is 0.556. The van der Waals surface area contributed by atoms with Gasteiger partial charge in [0.2, 0.25) is 0 Å². The van der Waals surface area contributed by atoms with Crippen LogP contribution in [-0.2, 0) is 6.42 Å². The van der Waals surface area contributed by atoms with Gasteiger partial charge in [-0.1, -0.05) is 35.0 Å². The van der Waals surface area contributed by atoms with Gasteiger partial charge in [0.15, 0.2) is 5.82 Å². The average molecular weight is 279 g/mol. The summed E-state index contributed by atoms with van der Waals surface area (Å²) in [4.78, 5) is 4.46. The first-order valence-corrected chi connectivity index (χ1v) is 6.91. The van der Waals surface area contributed by atoms with Crippen molar-refractivity contribution < 1.29 is 4.52 Å². The quantitative estimate of drug-likeness (QED) is 0.791. The molecule has 0 atom stereocenters. The van der Waals surface area contributed by atoms with Crippen LogP contribution in [0.4, 0.5) is 5.69 Å². The van der Waals surface area contributed by atoms with Crippen LogP contribution in [0.1, 0.15) is 17.0 Å². The first-order chi connectivity index (χ1) is 10.2. The largest absolute Gasteiger partial charge is 0.388 e. The third-order valence-electron chi connectivity index (χ3n) is 3.33. The normalized spacial score (nSPS) is 10.6. The lowest BCUT2D eigenvalue weighted by Gasteiger charge is -1.99. The third-order valence-corrected chi connectivity index (χ3v) is 3.33. The number of rotatable bonds is 4. The summed E-state index contributed by atoms with van der Waals surface area (Å²) in [6, 6.07) is 16.2. The molecule has 106 valence electrons. The van der Waals surface area contributed by atoms with Crippen molar-refractivity contribution in [2.24, 2.45) is 0 Å². The molecule has 4 heteroatoms. The van der Waals surface area contributed by atoms with Gasteiger partial charge in [0.25, 0.3) is 5.89 Å². The standard InChI is InChI=1S/C17H17N3O/c1-12-4-3-5-13(10-12)11-16-19-17(21-20-16)14-6-8-15(18-2)9-7-14/h3-10,18H,11H2,1-2H3. The summed E-state index contributed by atoms with van der Waals surface area (Å²) in [6.45, 7) is 2.08. The summed E-state index contributed by atoms with van der Waals surface area (Å²) in [5.41, 5.74) is 4.40. The molecule has 0 aliphatic heterocycles. The summed E-state index contributed by atoms with van der Waals surface area (Å²) in [7, 11) is 1.89. The fourth-order valence-corrected chi connectivity index (χ4v) is 2.23. The lowest BCUT2D eigenvalue weighted by molar-refractivity contribution is 0.424. The summed E-state index contributed by atoms with van der Waals surface area (Å²) in [5, 5.41) is 7.14. The van der Waals surface area contributed by atoms with E-state index in [1.54, 1.807) is 0 Å². The highest BCUT2D eigenvalue weighted by Gasteiger charge is 2.09. The van der Waals surface area contributed by atoms with Crippen LogP contribution in [0.25, 0.3) is 11.5 Å². The number of hydrogen-bond acceptors (Lipinski definition) is 4. The molecule has 3 rings (SSSR count). The van der Waals surface area contributed by atoms with Crippen molar-refractivity contribution in [1.82, 2.24) is 10.1 Å². The number of nitrogens with zero attached hydrogens (tertiary/aromatic N) is 2. The maximum absolute atomic E-state index is 5.35. The fourth-order valence-electron chi connectivity index (χ4n) is 2.23. The van der Waals surface area contributed by atoms with Crippen LogP contribution in [0.2, 0.25) is 0 Å². The van der Waals surface area contributed by atoms with E-state index in [0.29, 0.717) is 18.1 Å². The van der Waals surface area contributed by atoms with Crippen molar-refractivity contribution in [3.63, 3.8) is 0 Å². The zero-order valence-electron chi connectivity index (χ0n) is 12.1. The molecule has 4 nitrogen and oxygen atoms in total. The molecule has 21 heavy (non-hydrogen) atoms. The van der Waals surface area contributed by atoms with E-state index in [2.05, 4.69) is 40.6 Å². The Morgan fingerprint density at radius 3 is 2.62 bits per heavy atom. The van der Waals surface area contributed by atoms with Crippen LogP contribution >= 0.6 is 0 Å². The van der Waals surface area contributed by atoms with Gasteiger partial charge < -0.3 is 9.84 Å². The molecule has 0 radical (unpaired) electrons. The molecule has 0 fully saturated rings. The SMILES string of the molecule is CNc1ccc(-c2nc(Cc3cccc(C)c3)no2)cc1. The smallest absolute Gasteiger partial charge is 0.257 e. The van der Waals surface area contributed by atoms with Crippen molar-refractivity contribution >= 4 is 5.69 Å². The summed E-state index contributed by atoms with van der Waals surface area (Å²) in [5.74, 6) is 1.26. The Labute approximate surface area is 123 Å². The Kier molecular flexibility index (Phi) is 3.69. The summed E-state index contributed by atoms with van der Waals surface area (Å²) in [6.07, 6.45) is 0.680. The third kappa shape index (κ3) is 3.11. The summed E-state index contributed by atoms with van der Waals surface area (Å²) < 4.78 is 5.35. The number of benzene rings is 2. The van der Waals surface area contributed by atoms with Crippen LogP contribution in [0.5, 0.6) is 0 Å². The molecule has 0 saturated carbocycles. The topological polar surface area (TPSA) is 51.0 Å². The summed E-state index contributed by atoms with van der Waals surface area (Å²) >= 11 is 0. The van der Waals surface area contributed by atoms with E-state index >= 15 is 0 Å². The van der Waals surface area contributed by atoms with Crippen molar-refractivity contribution in [3.8, 4) is 11.5 Å². The van der Waals surface area contributed by atoms with Crippen molar-refractivity contribution in [3.05, 3.63) is 65.5 Å². The second-order valence-corrected chi connectivity index (χ2v) is 5.01. The van der Waals surface area contributed by atoms with Crippen molar-refractivity contribution in [2.75, 3.05) is 12.4 Å². The zero-order chi connectivity index (χ0) is 14.7. The van der Waals surface area contributed by atoms with Crippen molar-refractivity contribution in [1.29, 1.82) is 0 Å². The van der Waals surface area contributed by atoms with Crippen LogP contribution in [-0.4, -0.2) is 17.2 Å². The Balaban J connectivity index is 1.79. The molecule has 0 bridgehead atoms. The predicted octanol–water partition coefficient (Wildman–Crippen LogP) is 3.68. The Morgan fingerprint density at radius 2 is 1.90 bits per heavy atom. The van der Waals surface area contributed by atoms with Crippen LogP contribution in [0, 0.1) is 6.92 Å². The molecule has 0 spiro atoms. The minimum atomic E-state index is 0.556. The molecule has 0 aliphatic carbocycles.